The van der Waals surface area contributed by atoms with Gasteiger partial charge >= 0.3 is 0 Å². The van der Waals surface area contributed by atoms with Crippen molar-refractivity contribution in [2.75, 3.05) is 6.61 Å². The fourth-order valence-electron chi connectivity index (χ4n) is 3.68. The Morgan fingerprint density at radius 1 is 0.760 bits per heavy atom. The molecule has 1 atom stereocenters. The molecule has 0 aliphatic carbocycles. The van der Waals surface area contributed by atoms with E-state index in [-0.39, 0.29) is 6.10 Å². The van der Waals surface area contributed by atoms with E-state index < -0.39 is 0 Å². The smallest absolute Gasteiger partial charge is 0.175 e. The predicted molar refractivity (Wildman–Crippen MR) is 109 cm³/mol. The second kappa shape index (κ2) is 11.8. The number of hydrogen-bond donors (Lipinski definition) is 0. The van der Waals surface area contributed by atoms with Crippen LogP contribution >= 0.6 is 11.3 Å². The quantitative estimate of drug-likeness (QED) is 0.335. The Kier molecular flexibility index (Phi) is 9.75. The maximum absolute atomic E-state index is 6.17. The molecule has 1 aliphatic heterocycles. The molecule has 0 fully saturated rings. The van der Waals surface area contributed by atoms with Gasteiger partial charge in [0.05, 0.1) is 0 Å². The molecule has 0 saturated carbocycles. The minimum atomic E-state index is 0.253. The average molecular weight is 367 g/mol. The van der Waals surface area contributed by atoms with Crippen LogP contribution in [0.25, 0.3) is 0 Å². The van der Waals surface area contributed by atoms with Crippen LogP contribution in [0.15, 0.2) is 0 Å². The summed E-state index contributed by atoms with van der Waals surface area (Å²) >= 11 is 1.78. The van der Waals surface area contributed by atoms with Gasteiger partial charge in [0, 0.05) is 9.75 Å². The lowest BCUT2D eigenvalue weighted by molar-refractivity contribution is 0.0829. The zero-order valence-electron chi connectivity index (χ0n) is 16.7. The molecule has 3 heteroatoms. The first-order valence-electron chi connectivity index (χ1n) is 10.6. The topological polar surface area (TPSA) is 18.5 Å². The molecule has 0 aromatic carbocycles. The maximum Gasteiger partial charge on any atom is 0.175 e. The van der Waals surface area contributed by atoms with Gasteiger partial charge < -0.3 is 9.47 Å². The Morgan fingerprint density at radius 3 is 1.88 bits per heavy atom. The number of ether oxygens (including phenoxy) is 2. The number of fused-ring (bicyclic) bond motifs is 1. The summed E-state index contributed by atoms with van der Waals surface area (Å²) in [5, 5.41) is 0. The summed E-state index contributed by atoms with van der Waals surface area (Å²) in [5.41, 5.74) is 0. The number of thiophene rings is 1. The SMILES string of the molecule is CCCCCCCCCCCCCCC1COc2c(C)sc(C)c2O1. The summed E-state index contributed by atoms with van der Waals surface area (Å²) in [7, 11) is 0. The van der Waals surface area contributed by atoms with Gasteiger partial charge in [-0.1, -0.05) is 77.6 Å². The molecule has 1 unspecified atom stereocenters. The zero-order chi connectivity index (χ0) is 17.9. The van der Waals surface area contributed by atoms with Crippen molar-refractivity contribution in [3.05, 3.63) is 9.75 Å². The van der Waals surface area contributed by atoms with Crippen molar-refractivity contribution in [1.82, 2.24) is 0 Å². The van der Waals surface area contributed by atoms with Crippen LogP contribution in [0.5, 0.6) is 11.5 Å². The Morgan fingerprint density at radius 2 is 1.28 bits per heavy atom. The molecule has 0 radical (unpaired) electrons. The second-order valence-corrected chi connectivity index (χ2v) is 9.03. The largest absolute Gasteiger partial charge is 0.485 e. The lowest BCUT2D eigenvalue weighted by atomic mass is 10.0. The van der Waals surface area contributed by atoms with Crippen LogP contribution in [0.1, 0.15) is 100 Å². The van der Waals surface area contributed by atoms with Crippen LogP contribution in [0.3, 0.4) is 0 Å². The van der Waals surface area contributed by atoms with Crippen LogP contribution < -0.4 is 9.47 Å². The standard InChI is InChI=1S/C22H38O2S/c1-4-5-6-7-8-9-10-11-12-13-14-15-16-20-17-23-21-18(2)25-19(3)22(21)24-20/h20H,4-17H2,1-3H3. The third-order valence-corrected chi connectivity index (χ3v) is 6.21. The van der Waals surface area contributed by atoms with Crippen LogP contribution in [0.2, 0.25) is 0 Å². The molecule has 1 aromatic heterocycles. The molecule has 0 spiro atoms. The third kappa shape index (κ3) is 7.21. The first-order valence-corrected chi connectivity index (χ1v) is 11.4. The predicted octanol–water partition coefficient (Wildman–Crippen LogP) is 7.60. The van der Waals surface area contributed by atoms with Crippen molar-refractivity contribution < 1.29 is 9.47 Å². The van der Waals surface area contributed by atoms with E-state index in [9.17, 15) is 0 Å². The molecule has 2 rings (SSSR count). The third-order valence-electron chi connectivity index (χ3n) is 5.23. The molecule has 25 heavy (non-hydrogen) atoms. The number of unbranched alkanes of at least 4 members (excludes halogenated alkanes) is 11. The molecule has 0 saturated heterocycles. The van der Waals surface area contributed by atoms with Gasteiger partial charge in [0.15, 0.2) is 11.5 Å². The second-order valence-electron chi connectivity index (χ2n) is 7.60. The minimum Gasteiger partial charge on any atom is -0.485 e. The Bertz CT molecular complexity index is 481. The van der Waals surface area contributed by atoms with Gasteiger partial charge in [-0.15, -0.1) is 11.3 Å². The van der Waals surface area contributed by atoms with Gasteiger partial charge in [-0.2, -0.15) is 0 Å². The van der Waals surface area contributed by atoms with E-state index in [4.69, 9.17) is 9.47 Å². The fourth-order valence-corrected chi connectivity index (χ4v) is 4.62. The summed E-state index contributed by atoms with van der Waals surface area (Å²) in [6, 6.07) is 0. The number of rotatable bonds is 13. The highest BCUT2D eigenvalue weighted by molar-refractivity contribution is 7.12. The Hall–Kier alpha value is -0.700. The molecule has 0 bridgehead atoms. The van der Waals surface area contributed by atoms with Crippen LogP contribution in [0, 0.1) is 13.8 Å². The van der Waals surface area contributed by atoms with Crippen molar-refractivity contribution in [2.24, 2.45) is 0 Å². The van der Waals surface area contributed by atoms with Crippen molar-refractivity contribution in [3.63, 3.8) is 0 Å². The lowest BCUT2D eigenvalue weighted by Gasteiger charge is -2.25. The molecule has 1 aliphatic rings. The lowest BCUT2D eigenvalue weighted by Crippen LogP contribution is -2.28. The van der Waals surface area contributed by atoms with Gasteiger partial charge in [0.2, 0.25) is 0 Å². The number of aryl methyl sites for hydroxylation is 2. The molecule has 0 N–H and O–H groups in total. The highest BCUT2D eigenvalue weighted by Crippen LogP contribution is 2.44. The van der Waals surface area contributed by atoms with E-state index in [1.54, 1.807) is 11.3 Å². The Balaban J connectivity index is 1.43. The van der Waals surface area contributed by atoms with E-state index in [1.165, 1.54) is 86.8 Å². The van der Waals surface area contributed by atoms with E-state index in [0.29, 0.717) is 0 Å². The first kappa shape index (κ1) is 20.6. The van der Waals surface area contributed by atoms with E-state index in [2.05, 4.69) is 20.8 Å². The minimum absolute atomic E-state index is 0.253. The van der Waals surface area contributed by atoms with E-state index in [1.807, 2.05) is 0 Å². The highest BCUT2D eigenvalue weighted by Gasteiger charge is 2.25. The zero-order valence-corrected chi connectivity index (χ0v) is 17.5. The molecular formula is C22H38O2S. The molecule has 144 valence electrons. The molecule has 2 heterocycles. The van der Waals surface area contributed by atoms with Crippen LogP contribution in [0.4, 0.5) is 0 Å². The molecule has 0 amide bonds. The van der Waals surface area contributed by atoms with Crippen LogP contribution in [-0.4, -0.2) is 12.7 Å². The normalized spacial score (nSPS) is 16.4. The first-order chi connectivity index (χ1) is 12.2. The average Bonchev–Trinajstić information content (AvgIpc) is 2.90. The highest BCUT2D eigenvalue weighted by atomic mass is 32.1. The summed E-state index contributed by atoms with van der Waals surface area (Å²) in [4.78, 5) is 2.50. The summed E-state index contributed by atoms with van der Waals surface area (Å²) in [5.74, 6) is 2.01. The molecule has 2 nitrogen and oxygen atoms in total. The number of hydrogen-bond acceptors (Lipinski definition) is 3. The van der Waals surface area contributed by atoms with Crippen molar-refractivity contribution in [1.29, 1.82) is 0 Å². The van der Waals surface area contributed by atoms with E-state index in [0.717, 1.165) is 24.5 Å². The molecule has 1 aromatic rings. The van der Waals surface area contributed by atoms with Gasteiger partial charge in [-0.25, -0.2) is 0 Å². The summed E-state index contributed by atoms with van der Waals surface area (Å²) < 4.78 is 12.1. The van der Waals surface area contributed by atoms with E-state index >= 15 is 0 Å². The van der Waals surface area contributed by atoms with Crippen molar-refractivity contribution in [3.8, 4) is 11.5 Å². The van der Waals surface area contributed by atoms with Crippen molar-refractivity contribution in [2.45, 2.75) is 110 Å². The van der Waals surface area contributed by atoms with Crippen molar-refractivity contribution >= 4 is 11.3 Å². The monoisotopic (exact) mass is 366 g/mol. The van der Waals surface area contributed by atoms with Gasteiger partial charge in [-0.05, 0) is 26.7 Å². The van der Waals surface area contributed by atoms with Crippen LogP contribution in [-0.2, 0) is 0 Å². The molecular weight excluding hydrogens is 328 g/mol. The van der Waals surface area contributed by atoms with Gasteiger partial charge in [0.25, 0.3) is 0 Å². The fraction of sp³-hybridized carbons (Fsp3) is 0.818. The summed E-state index contributed by atoms with van der Waals surface area (Å²) in [6.45, 7) is 7.26. The van der Waals surface area contributed by atoms with Gasteiger partial charge in [0.1, 0.15) is 12.7 Å². The Labute approximate surface area is 159 Å². The summed E-state index contributed by atoms with van der Waals surface area (Å²) in [6.07, 6.45) is 18.2. The maximum atomic E-state index is 6.17. The van der Waals surface area contributed by atoms with Gasteiger partial charge in [-0.3, -0.25) is 0 Å².